The first kappa shape index (κ1) is 21.2. The standard InChI is InChI=1S/C17H13Cl4NO3S/c18-11-8-12(19)16(21)17(15(11)20)22-13(23)9-25-14(24)6-7-26-10-4-2-1-3-5-10/h1-5,8H,6-7,9H2,(H,22,23). The van der Waals surface area contributed by atoms with Crippen molar-refractivity contribution in [2.75, 3.05) is 17.7 Å². The van der Waals surface area contributed by atoms with Crippen LogP contribution in [0.15, 0.2) is 41.3 Å². The van der Waals surface area contributed by atoms with Crippen molar-refractivity contribution in [3.05, 3.63) is 56.5 Å². The molecule has 0 aliphatic rings. The summed E-state index contributed by atoms with van der Waals surface area (Å²) in [4.78, 5) is 24.7. The maximum Gasteiger partial charge on any atom is 0.307 e. The number of hydrogen-bond acceptors (Lipinski definition) is 4. The van der Waals surface area contributed by atoms with E-state index in [9.17, 15) is 9.59 Å². The summed E-state index contributed by atoms with van der Waals surface area (Å²) in [5, 5.41) is 2.84. The minimum Gasteiger partial charge on any atom is -0.456 e. The molecule has 2 rings (SSSR count). The largest absolute Gasteiger partial charge is 0.456 e. The SMILES string of the molecule is O=C(COC(=O)CCSc1ccccc1)Nc1c(Cl)c(Cl)cc(Cl)c1Cl. The lowest BCUT2D eigenvalue weighted by Crippen LogP contribution is -2.21. The van der Waals surface area contributed by atoms with Crippen LogP contribution in [-0.4, -0.2) is 24.2 Å². The lowest BCUT2D eigenvalue weighted by Gasteiger charge is -2.12. The maximum atomic E-state index is 11.9. The predicted octanol–water partition coefficient (Wildman–Crippen LogP) is 5.96. The van der Waals surface area contributed by atoms with Gasteiger partial charge in [-0.05, 0) is 18.2 Å². The fraction of sp³-hybridized carbons (Fsp3) is 0.176. The van der Waals surface area contributed by atoms with Gasteiger partial charge >= 0.3 is 5.97 Å². The first-order chi connectivity index (χ1) is 12.4. The summed E-state index contributed by atoms with van der Waals surface area (Å²) >= 11 is 25.3. The van der Waals surface area contributed by atoms with Crippen LogP contribution in [0.2, 0.25) is 20.1 Å². The number of carbonyl (C=O) groups excluding carboxylic acids is 2. The third-order valence-electron chi connectivity index (χ3n) is 3.06. The zero-order valence-electron chi connectivity index (χ0n) is 13.2. The molecule has 2 aromatic carbocycles. The second-order valence-corrected chi connectivity index (χ2v) is 7.70. The van der Waals surface area contributed by atoms with E-state index in [0.717, 1.165) is 4.90 Å². The van der Waals surface area contributed by atoms with Gasteiger partial charge in [-0.3, -0.25) is 9.59 Å². The van der Waals surface area contributed by atoms with E-state index in [0.29, 0.717) is 5.75 Å². The highest BCUT2D eigenvalue weighted by Gasteiger charge is 2.17. The van der Waals surface area contributed by atoms with Gasteiger partial charge in [0.25, 0.3) is 5.91 Å². The van der Waals surface area contributed by atoms with Gasteiger partial charge in [-0.1, -0.05) is 64.6 Å². The Balaban J connectivity index is 1.79. The Kier molecular flexibility index (Phi) is 8.38. The first-order valence-corrected chi connectivity index (χ1v) is 9.84. The van der Waals surface area contributed by atoms with Crippen LogP contribution in [0.4, 0.5) is 5.69 Å². The average molecular weight is 453 g/mol. The number of anilines is 1. The van der Waals surface area contributed by atoms with Crippen LogP contribution in [0.5, 0.6) is 0 Å². The van der Waals surface area contributed by atoms with Crippen molar-refractivity contribution in [1.29, 1.82) is 0 Å². The van der Waals surface area contributed by atoms with Gasteiger partial charge in [0.05, 0.1) is 32.2 Å². The second kappa shape index (κ2) is 10.3. The first-order valence-electron chi connectivity index (χ1n) is 7.34. The summed E-state index contributed by atoms with van der Waals surface area (Å²) < 4.78 is 4.94. The molecule has 0 spiro atoms. The molecule has 0 radical (unpaired) electrons. The van der Waals surface area contributed by atoms with Crippen molar-refractivity contribution >= 4 is 75.7 Å². The van der Waals surface area contributed by atoms with Crippen molar-refractivity contribution in [2.45, 2.75) is 11.3 Å². The van der Waals surface area contributed by atoms with Gasteiger partial charge in [0, 0.05) is 10.6 Å². The van der Waals surface area contributed by atoms with Crippen LogP contribution in [0, 0.1) is 0 Å². The normalized spacial score (nSPS) is 10.5. The maximum absolute atomic E-state index is 11.9. The number of benzene rings is 2. The molecule has 1 amide bonds. The molecule has 0 fully saturated rings. The number of carbonyl (C=O) groups is 2. The third kappa shape index (κ3) is 6.25. The molecular formula is C17H13Cl4NO3S. The summed E-state index contributed by atoms with van der Waals surface area (Å²) in [6.07, 6.45) is 0.178. The molecule has 0 atom stereocenters. The molecule has 0 saturated heterocycles. The van der Waals surface area contributed by atoms with E-state index in [1.54, 1.807) is 0 Å². The van der Waals surface area contributed by atoms with E-state index >= 15 is 0 Å². The zero-order valence-corrected chi connectivity index (χ0v) is 17.1. The molecule has 0 aliphatic heterocycles. The predicted molar refractivity (Wildman–Crippen MR) is 108 cm³/mol. The monoisotopic (exact) mass is 451 g/mol. The third-order valence-corrected chi connectivity index (χ3v) is 5.65. The lowest BCUT2D eigenvalue weighted by molar-refractivity contribution is -0.146. The molecule has 0 aromatic heterocycles. The summed E-state index contributed by atoms with van der Waals surface area (Å²) in [7, 11) is 0. The van der Waals surface area contributed by atoms with Crippen LogP contribution < -0.4 is 5.32 Å². The van der Waals surface area contributed by atoms with E-state index in [1.165, 1.54) is 17.8 Å². The van der Waals surface area contributed by atoms with Crippen LogP contribution in [0.1, 0.15) is 6.42 Å². The summed E-state index contributed by atoms with van der Waals surface area (Å²) in [6.45, 7) is -0.467. The van der Waals surface area contributed by atoms with Gasteiger partial charge in [0.2, 0.25) is 0 Å². The highest BCUT2D eigenvalue weighted by molar-refractivity contribution is 7.99. The van der Waals surface area contributed by atoms with Crippen LogP contribution >= 0.6 is 58.2 Å². The molecule has 2 aromatic rings. The van der Waals surface area contributed by atoms with Crippen LogP contribution in [0.25, 0.3) is 0 Å². The number of ether oxygens (including phenoxy) is 1. The molecular weight excluding hydrogens is 440 g/mol. The average Bonchev–Trinajstić information content (AvgIpc) is 2.63. The van der Waals surface area contributed by atoms with Crippen molar-refractivity contribution in [3.8, 4) is 0 Å². The quantitative estimate of drug-likeness (QED) is 0.319. The topological polar surface area (TPSA) is 55.4 Å². The molecule has 9 heteroatoms. The number of esters is 1. The Labute approximate surface area is 175 Å². The van der Waals surface area contributed by atoms with Crippen LogP contribution in [0.3, 0.4) is 0 Å². The fourth-order valence-corrected chi connectivity index (χ4v) is 3.60. The number of thioether (sulfide) groups is 1. The molecule has 4 nitrogen and oxygen atoms in total. The molecule has 0 saturated carbocycles. The molecule has 0 aliphatic carbocycles. The highest BCUT2D eigenvalue weighted by atomic mass is 35.5. The molecule has 0 unspecified atom stereocenters. The van der Waals surface area contributed by atoms with Crippen LogP contribution in [-0.2, 0) is 14.3 Å². The number of halogens is 4. The lowest BCUT2D eigenvalue weighted by atomic mass is 10.3. The van der Waals surface area contributed by atoms with Gasteiger partial charge < -0.3 is 10.1 Å². The Bertz CT molecular complexity index is 776. The van der Waals surface area contributed by atoms with E-state index in [2.05, 4.69) is 5.32 Å². The van der Waals surface area contributed by atoms with Crippen molar-refractivity contribution in [2.24, 2.45) is 0 Å². The zero-order chi connectivity index (χ0) is 19.1. The molecule has 26 heavy (non-hydrogen) atoms. The molecule has 0 heterocycles. The second-order valence-electron chi connectivity index (χ2n) is 4.96. The van der Waals surface area contributed by atoms with Gasteiger partial charge in [-0.25, -0.2) is 0 Å². The van der Waals surface area contributed by atoms with E-state index in [4.69, 9.17) is 51.1 Å². The van der Waals surface area contributed by atoms with Gasteiger partial charge in [0.15, 0.2) is 6.61 Å². The Hall–Kier alpha value is -1.11. The van der Waals surface area contributed by atoms with E-state index in [-0.39, 0.29) is 32.2 Å². The smallest absolute Gasteiger partial charge is 0.307 e. The Morgan fingerprint density at radius 2 is 1.62 bits per heavy atom. The number of rotatable bonds is 7. The number of hydrogen-bond donors (Lipinski definition) is 1. The highest BCUT2D eigenvalue weighted by Crippen LogP contribution is 2.40. The number of nitrogens with one attached hydrogen (secondary N) is 1. The minimum atomic E-state index is -0.601. The van der Waals surface area contributed by atoms with Crippen molar-refractivity contribution < 1.29 is 14.3 Å². The fourth-order valence-electron chi connectivity index (χ4n) is 1.85. The molecule has 1 N–H and O–H groups in total. The Morgan fingerprint density at radius 3 is 2.23 bits per heavy atom. The Morgan fingerprint density at radius 1 is 1.00 bits per heavy atom. The summed E-state index contributed by atoms with van der Waals surface area (Å²) in [6, 6.07) is 11.0. The van der Waals surface area contributed by atoms with Gasteiger partial charge in [-0.2, -0.15) is 0 Å². The van der Waals surface area contributed by atoms with Crippen molar-refractivity contribution in [1.82, 2.24) is 0 Å². The van der Waals surface area contributed by atoms with Gasteiger partial charge in [0.1, 0.15) is 0 Å². The summed E-state index contributed by atoms with van der Waals surface area (Å²) in [5.74, 6) is -0.535. The summed E-state index contributed by atoms with van der Waals surface area (Å²) in [5.41, 5.74) is 0.0755. The van der Waals surface area contributed by atoms with E-state index in [1.807, 2.05) is 30.3 Å². The van der Waals surface area contributed by atoms with Gasteiger partial charge in [-0.15, -0.1) is 11.8 Å². The molecule has 138 valence electrons. The number of amides is 1. The van der Waals surface area contributed by atoms with E-state index < -0.39 is 18.5 Å². The minimum absolute atomic E-state index is 0.0556. The molecule has 0 bridgehead atoms. The van der Waals surface area contributed by atoms with Crippen molar-refractivity contribution in [3.63, 3.8) is 0 Å².